The van der Waals surface area contributed by atoms with Crippen molar-refractivity contribution < 1.29 is 0 Å². The molecule has 2 heterocycles. The molecule has 0 unspecified atom stereocenters. The van der Waals surface area contributed by atoms with Crippen LogP contribution in [-0.2, 0) is 0 Å². The van der Waals surface area contributed by atoms with Crippen molar-refractivity contribution in [3.63, 3.8) is 0 Å². The van der Waals surface area contributed by atoms with Crippen LogP contribution in [0.2, 0.25) is 0 Å². The van der Waals surface area contributed by atoms with E-state index >= 15 is 0 Å². The third kappa shape index (κ3) is 2.08. The minimum absolute atomic E-state index is 0.846. The van der Waals surface area contributed by atoms with Gasteiger partial charge in [-0.15, -0.1) is 10.2 Å². The molecule has 1 fully saturated rings. The number of hydrogen-bond donors (Lipinski definition) is 0. The predicted octanol–water partition coefficient (Wildman–Crippen LogP) is 2.46. The maximum atomic E-state index is 4.08. The summed E-state index contributed by atoms with van der Waals surface area (Å²) in [5, 5.41) is 9.00. The molecule has 0 amide bonds. The highest BCUT2D eigenvalue weighted by Crippen LogP contribution is 2.27. The predicted molar refractivity (Wildman–Crippen MR) is 58.2 cm³/mol. The number of anilines is 1. The van der Waals surface area contributed by atoms with Crippen molar-refractivity contribution in [2.75, 3.05) is 18.0 Å². The number of nitrogens with zero attached hydrogens (tertiary/aromatic N) is 3. The first-order chi connectivity index (χ1) is 6.25. The van der Waals surface area contributed by atoms with Crippen molar-refractivity contribution in [2.45, 2.75) is 12.8 Å². The Morgan fingerprint density at radius 2 is 2.31 bits per heavy atom. The molecule has 0 aromatic carbocycles. The number of aromatic nitrogens is 2. The molecule has 1 aliphatic heterocycles. The van der Waals surface area contributed by atoms with Gasteiger partial charge in [0.2, 0.25) is 5.13 Å². The highest BCUT2D eigenvalue weighted by molar-refractivity contribution is 9.11. The molecule has 70 valence electrons. The second-order valence-electron chi connectivity index (χ2n) is 3.11. The molecule has 2 rings (SSSR count). The third-order valence-electron chi connectivity index (χ3n) is 2.03. The van der Waals surface area contributed by atoms with Gasteiger partial charge in [0.05, 0.1) is 0 Å². The number of hydrogen-bond acceptors (Lipinski definition) is 4. The normalized spacial score (nSPS) is 17.9. The van der Waals surface area contributed by atoms with E-state index in [1.54, 1.807) is 11.3 Å². The minimum Gasteiger partial charge on any atom is -0.343 e. The van der Waals surface area contributed by atoms with Crippen LogP contribution in [0.15, 0.2) is 16.1 Å². The van der Waals surface area contributed by atoms with Gasteiger partial charge in [-0.3, -0.25) is 0 Å². The standard InChI is InChI=1S/C8H10BrN3S/c1-6-3-2-4-12(5-6)8-11-10-7(9)13-8/h1-5H2. The van der Waals surface area contributed by atoms with E-state index in [0.717, 1.165) is 28.6 Å². The quantitative estimate of drug-likeness (QED) is 0.726. The summed E-state index contributed by atoms with van der Waals surface area (Å²) in [5.74, 6) is 0. The first-order valence-electron chi connectivity index (χ1n) is 4.16. The van der Waals surface area contributed by atoms with Crippen LogP contribution in [0.5, 0.6) is 0 Å². The van der Waals surface area contributed by atoms with Crippen LogP contribution in [0, 0.1) is 0 Å². The summed E-state index contributed by atoms with van der Waals surface area (Å²) < 4.78 is 0.846. The SMILES string of the molecule is C=C1CCCN(c2nnc(Br)s2)C1. The maximum Gasteiger partial charge on any atom is 0.209 e. The summed E-state index contributed by atoms with van der Waals surface area (Å²) in [6.45, 7) is 6.00. The lowest BCUT2D eigenvalue weighted by molar-refractivity contribution is 0.675. The first kappa shape index (κ1) is 9.15. The molecular formula is C8H10BrN3S. The molecule has 0 aliphatic carbocycles. The monoisotopic (exact) mass is 259 g/mol. The van der Waals surface area contributed by atoms with Crippen LogP contribution >= 0.6 is 27.3 Å². The summed E-state index contributed by atoms with van der Waals surface area (Å²) in [5.41, 5.74) is 1.29. The van der Waals surface area contributed by atoms with Gasteiger partial charge in [-0.25, -0.2) is 0 Å². The van der Waals surface area contributed by atoms with E-state index in [9.17, 15) is 0 Å². The Bertz CT molecular complexity index is 323. The zero-order chi connectivity index (χ0) is 9.26. The van der Waals surface area contributed by atoms with Crippen molar-refractivity contribution in [3.05, 3.63) is 16.1 Å². The molecule has 0 saturated carbocycles. The van der Waals surface area contributed by atoms with Crippen molar-refractivity contribution in [1.82, 2.24) is 10.2 Å². The molecule has 1 aliphatic rings. The number of rotatable bonds is 1. The molecule has 0 spiro atoms. The molecule has 3 nitrogen and oxygen atoms in total. The van der Waals surface area contributed by atoms with Crippen LogP contribution in [0.1, 0.15) is 12.8 Å². The van der Waals surface area contributed by atoms with Gasteiger partial charge in [0.15, 0.2) is 3.92 Å². The molecule has 0 atom stereocenters. The van der Waals surface area contributed by atoms with E-state index in [1.165, 1.54) is 12.0 Å². The maximum absolute atomic E-state index is 4.08. The van der Waals surface area contributed by atoms with Crippen LogP contribution in [0.3, 0.4) is 0 Å². The molecule has 0 bridgehead atoms. The lowest BCUT2D eigenvalue weighted by Gasteiger charge is -2.27. The Kier molecular flexibility index (Phi) is 2.64. The third-order valence-corrected chi connectivity index (χ3v) is 3.45. The second-order valence-corrected chi connectivity index (χ2v) is 5.34. The Balaban J connectivity index is 2.12. The van der Waals surface area contributed by atoms with E-state index in [4.69, 9.17) is 0 Å². The van der Waals surface area contributed by atoms with Gasteiger partial charge in [0.1, 0.15) is 0 Å². The van der Waals surface area contributed by atoms with Crippen LogP contribution in [-0.4, -0.2) is 23.3 Å². The number of halogens is 1. The van der Waals surface area contributed by atoms with E-state index in [-0.39, 0.29) is 0 Å². The Hall–Kier alpha value is -0.420. The topological polar surface area (TPSA) is 29.0 Å². The molecular weight excluding hydrogens is 250 g/mol. The number of piperidine rings is 1. The fourth-order valence-corrected chi connectivity index (χ4v) is 2.55. The van der Waals surface area contributed by atoms with Crippen molar-refractivity contribution >= 4 is 32.4 Å². The highest BCUT2D eigenvalue weighted by Gasteiger charge is 2.16. The molecule has 1 aromatic heterocycles. The fraction of sp³-hybridized carbons (Fsp3) is 0.500. The van der Waals surface area contributed by atoms with Crippen molar-refractivity contribution in [1.29, 1.82) is 0 Å². The lowest BCUT2D eigenvalue weighted by Crippen LogP contribution is -2.30. The highest BCUT2D eigenvalue weighted by atomic mass is 79.9. The summed E-state index contributed by atoms with van der Waals surface area (Å²) in [7, 11) is 0. The van der Waals surface area contributed by atoms with Gasteiger partial charge in [-0.1, -0.05) is 23.5 Å². The Morgan fingerprint density at radius 1 is 1.46 bits per heavy atom. The smallest absolute Gasteiger partial charge is 0.209 e. The van der Waals surface area contributed by atoms with E-state index in [0.29, 0.717) is 0 Å². The fourth-order valence-electron chi connectivity index (χ4n) is 1.44. The Morgan fingerprint density at radius 3 is 2.92 bits per heavy atom. The first-order valence-corrected chi connectivity index (χ1v) is 5.77. The van der Waals surface area contributed by atoms with Gasteiger partial charge >= 0.3 is 0 Å². The zero-order valence-corrected chi connectivity index (χ0v) is 9.57. The van der Waals surface area contributed by atoms with Crippen LogP contribution in [0.4, 0.5) is 5.13 Å². The molecule has 5 heteroatoms. The van der Waals surface area contributed by atoms with E-state index in [2.05, 4.69) is 37.6 Å². The molecule has 1 aromatic rings. The van der Waals surface area contributed by atoms with Gasteiger partial charge in [0, 0.05) is 13.1 Å². The van der Waals surface area contributed by atoms with E-state index in [1.807, 2.05) is 0 Å². The Labute approximate surface area is 89.6 Å². The molecule has 1 saturated heterocycles. The second kappa shape index (κ2) is 3.75. The van der Waals surface area contributed by atoms with Crippen molar-refractivity contribution in [2.24, 2.45) is 0 Å². The van der Waals surface area contributed by atoms with Gasteiger partial charge in [0.25, 0.3) is 0 Å². The summed E-state index contributed by atoms with van der Waals surface area (Å²) >= 11 is 4.89. The van der Waals surface area contributed by atoms with Crippen LogP contribution in [0.25, 0.3) is 0 Å². The minimum atomic E-state index is 0.846. The summed E-state index contributed by atoms with van der Waals surface area (Å²) in [6.07, 6.45) is 2.33. The molecule has 0 radical (unpaired) electrons. The van der Waals surface area contributed by atoms with Gasteiger partial charge < -0.3 is 4.90 Å². The summed E-state index contributed by atoms with van der Waals surface area (Å²) in [4.78, 5) is 2.23. The van der Waals surface area contributed by atoms with Crippen LogP contribution < -0.4 is 4.90 Å². The largest absolute Gasteiger partial charge is 0.343 e. The van der Waals surface area contributed by atoms with Gasteiger partial charge in [-0.05, 0) is 28.8 Å². The molecule has 13 heavy (non-hydrogen) atoms. The summed E-state index contributed by atoms with van der Waals surface area (Å²) in [6, 6.07) is 0. The van der Waals surface area contributed by atoms with Gasteiger partial charge in [-0.2, -0.15) is 0 Å². The lowest BCUT2D eigenvalue weighted by atomic mass is 10.1. The molecule has 0 N–H and O–H groups in total. The van der Waals surface area contributed by atoms with E-state index < -0.39 is 0 Å². The van der Waals surface area contributed by atoms with Crippen molar-refractivity contribution in [3.8, 4) is 0 Å². The zero-order valence-electron chi connectivity index (χ0n) is 7.16. The average molecular weight is 260 g/mol. The average Bonchev–Trinajstić information content (AvgIpc) is 2.52.